The fraction of sp³-hybridized carbons (Fsp3) is 0.643. The quantitative estimate of drug-likeness (QED) is 0.854. The average molecular weight is 344 g/mol. The number of aromatic nitrogens is 1. The average Bonchev–Trinajstić information content (AvgIpc) is 2.25. The molecule has 1 heterocycles. The number of nitrogens with zero attached hydrogens (tertiary/aromatic N) is 1. The molecular weight excluding hydrogens is 322 g/mol. The van der Waals surface area contributed by atoms with Gasteiger partial charge >= 0.3 is 0 Å². The Bertz CT molecular complexity index is 424. The Morgan fingerprint density at radius 2 is 2.16 bits per heavy atom. The molecule has 0 aromatic carbocycles. The molecule has 1 fully saturated rings. The first-order chi connectivity index (χ1) is 8.81. The molecule has 0 amide bonds. The maximum atomic E-state index is 9.66. The summed E-state index contributed by atoms with van der Waals surface area (Å²) in [6.45, 7) is 6.72. The van der Waals surface area contributed by atoms with Crippen LogP contribution in [0.25, 0.3) is 0 Å². The minimum Gasteiger partial charge on any atom is -0.413 e. The molecule has 0 unspecified atom stereocenters. The summed E-state index contributed by atoms with van der Waals surface area (Å²) < 4.78 is 7.21. The second-order valence-electron chi connectivity index (χ2n) is 6.58. The molecule has 1 saturated carbocycles. The third-order valence-corrected chi connectivity index (χ3v) is 6.49. The highest BCUT2D eigenvalue weighted by Gasteiger charge is 2.46. The molecule has 0 aliphatic heterocycles. The zero-order valence-electron chi connectivity index (χ0n) is 11.8. The van der Waals surface area contributed by atoms with Crippen molar-refractivity contribution < 1.29 is 9.53 Å². The van der Waals surface area contributed by atoms with Gasteiger partial charge in [0.2, 0.25) is 0 Å². The Balaban J connectivity index is 2.04. The van der Waals surface area contributed by atoms with Crippen molar-refractivity contribution >= 4 is 25.7 Å². The van der Waals surface area contributed by atoms with Crippen molar-refractivity contribution in [1.82, 2.24) is 4.98 Å². The number of rotatable bonds is 4. The molecule has 0 radical (unpaired) electrons. The van der Waals surface area contributed by atoms with Crippen molar-refractivity contribution in [3.8, 4) is 0 Å². The molecular formula is C14H22BrNO2Si. The van der Waals surface area contributed by atoms with Gasteiger partial charge in [-0.2, -0.15) is 0 Å². The minimum absolute atomic E-state index is 0.242. The summed E-state index contributed by atoms with van der Waals surface area (Å²) in [6, 6.07) is 5.13. The summed E-state index contributed by atoms with van der Waals surface area (Å²) in [5.41, 5.74) is 0.961. The molecule has 19 heavy (non-hydrogen) atoms. The molecule has 0 atom stereocenters. The maximum Gasteiger partial charge on any atom is 0.163 e. The van der Waals surface area contributed by atoms with Crippen LogP contribution in [-0.4, -0.2) is 26.0 Å². The summed E-state index contributed by atoms with van der Waals surface area (Å²) in [5.74, 6) is 0. The van der Waals surface area contributed by atoms with Crippen LogP contribution in [-0.2, 0) is 10.0 Å². The van der Waals surface area contributed by atoms with Gasteiger partial charge in [0.05, 0.1) is 11.8 Å². The number of aliphatic hydroxyl groups excluding tert-OH is 1. The van der Waals surface area contributed by atoms with Gasteiger partial charge in [0.1, 0.15) is 5.60 Å². The molecule has 1 aliphatic rings. The maximum absolute atomic E-state index is 9.66. The van der Waals surface area contributed by atoms with Gasteiger partial charge in [0, 0.05) is 23.5 Å². The lowest BCUT2D eigenvalue weighted by Crippen LogP contribution is -2.48. The molecule has 2 rings (SSSR count). The Kier molecular flexibility index (Phi) is 4.50. The van der Waals surface area contributed by atoms with Crippen molar-refractivity contribution in [2.75, 3.05) is 0 Å². The van der Waals surface area contributed by atoms with Gasteiger partial charge in [-0.15, -0.1) is 0 Å². The second-order valence-corrected chi connectivity index (χ2v) is 8.69. The Labute approximate surface area is 125 Å². The van der Waals surface area contributed by atoms with Crippen LogP contribution in [0.15, 0.2) is 22.8 Å². The van der Waals surface area contributed by atoms with E-state index in [4.69, 9.17) is 4.43 Å². The van der Waals surface area contributed by atoms with Crippen molar-refractivity contribution in [3.05, 3.63) is 28.5 Å². The lowest BCUT2D eigenvalue weighted by Gasteiger charge is -2.45. The van der Waals surface area contributed by atoms with Gasteiger partial charge in [-0.05, 0) is 39.5 Å². The highest BCUT2D eigenvalue weighted by molar-refractivity contribution is 9.10. The van der Waals surface area contributed by atoms with E-state index in [1.807, 2.05) is 12.1 Å². The van der Waals surface area contributed by atoms with Crippen LogP contribution in [0.5, 0.6) is 0 Å². The number of halogens is 1. The van der Waals surface area contributed by atoms with Crippen LogP contribution in [0.1, 0.15) is 39.3 Å². The van der Waals surface area contributed by atoms with E-state index in [1.54, 1.807) is 6.20 Å². The van der Waals surface area contributed by atoms with E-state index in [-0.39, 0.29) is 11.7 Å². The Morgan fingerprint density at radius 1 is 1.47 bits per heavy atom. The number of pyridine rings is 1. The lowest BCUT2D eigenvalue weighted by molar-refractivity contribution is -0.103. The van der Waals surface area contributed by atoms with Gasteiger partial charge in [-0.3, -0.25) is 4.98 Å². The summed E-state index contributed by atoms with van der Waals surface area (Å²) in [4.78, 5) is 4.46. The van der Waals surface area contributed by atoms with E-state index in [2.05, 4.69) is 41.7 Å². The Morgan fingerprint density at radius 3 is 2.63 bits per heavy atom. The second kappa shape index (κ2) is 5.64. The molecule has 1 aromatic rings. The normalized spacial score (nSPS) is 27.7. The van der Waals surface area contributed by atoms with Crippen molar-refractivity contribution in [3.63, 3.8) is 0 Å². The Hall–Kier alpha value is -0.233. The molecule has 5 heteroatoms. The first kappa shape index (κ1) is 15.2. The predicted molar refractivity (Wildman–Crippen MR) is 82.7 cm³/mol. The third-order valence-electron chi connectivity index (χ3n) is 3.56. The fourth-order valence-corrected chi connectivity index (χ4v) is 4.02. The van der Waals surface area contributed by atoms with Crippen LogP contribution in [0.2, 0.25) is 6.04 Å². The van der Waals surface area contributed by atoms with Crippen LogP contribution in [0.4, 0.5) is 0 Å². The van der Waals surface area contributed by atoms with Crippen LogP contribution >= 0.6 is 15.9 Å². The smallest absolute Gasteiger partial charge is 0.163 e. The van der Waals surface area contributed by atoms with E-state index in [0.29, 0.717) is 18.3 Å². The SMILES string of the molecule is CC(C)(C)C[SiH2]OC1(c2ccc(Br)cn2)CC(O)C1. The molecule has 3 nitrogen and oxygen atoms in total. The minimum atomic E-state index is -0.596. The molecule has 0 saturated heterocycles. The topological polar surface area (TPSA) is 42.4 Å². The van der Waals surface area contributed by atoms with Crippen LogP contribution < -0.4 is 0 Å². The number of hydrogen-bond donors (Lipinski definition) is 1. The standard InChI is InChI=1S/C14H22BrNO2Si/c1-13(2,3)9-19-18-14(6-11(17)7-14)12-5-4-10(15)8-16-12/h4-5,8,11,17H,6-7,9,19H2,1-3H3. The lowest BCUT2D eigenvalue weighted by atomic mass is 9.75. The van der Waals surface area contributed by atoms with E-state index in [1.165, 1.54) is 0 Å². The number of aliphatic hydroxyl groups is 1. The number of hydrogen-bond acceptors (Lipinski definition) is 3. The first-order valence-corrected chi connectivity index (χ1v) is 9.12. The van der Waals surface area contributed by atoms with E-state index in [9.17, 15) is 5.11 Å². The fourth-order valence-electron chi connectivity index (χ4n) is 2.30. The molecule has 106 valence electrons. The van der Waals surface area contributed by atoms with E-state index < -0.39 is 9.76 Å². The summed E-state index contributed by atoms with van der Waals surface area (Å²) in [6.07, 6.45) is 2.92. The third kappa shape index (κ3) is 3.87. The zero-order chi connectivity index (χ0) is 14.1. The largest absolute Gasteiger partial charge is 0.413 e. The highest BCUT2D eigenvalue weighted by atomic mass is 79.9. The monoisotopic (exact) mass is 343 g/mol. The van der Waals surface area contributed by atoms with Crippen molar-refractivity contribution in [1.29, 1.82) is 0 Å². The first-order valence-electron chi connectivity index (χ1n) is 6.75. The van der Waals surface area contributed by atoms with Gasteiger partial charge in [-0.1, -0.05) is 20.8 Å². The van der Waals surface area contributed by atoms with E-state index in [0.717, 1.165) is 16.2 Å². The van der Waals surface area contributed by atoms with Gasteiger partial charge < -0.3 is 9.53 Å². The van der Waals surface area contributed by atoms with Gasteiger partial charge in [-0.25, -0.2) is 0 Å². The van der Waals surface area contributed by atoms with Gasteiger partial charge in [0.15, 0.2) is 9.76 Å². The zero-order valence-corrected chi connectivity index (χ0v) is 14.8. The molecule has 1 aliphatic carbocycles. The molecule has 0 spiro atoms. The van der Waals surface area contributed by atoms with Crippen molar-refractivity contribution in [2.24, 2.45) is 5.41 Å². The van der Waals surface area contributed by atoms with Crippen molar-refractivity contribution in [2.45, 2.75) is 51.4 Å². The van der Waals surface area contributed by atoms with Gasteiger partial charge in [0.25, 0.3) is 0 Å². The van der Waals surface area contributed by atoms with Crippen LogP contribution in [0.3, 0.4) is 0 Å². The molecule has 0 bridgehead atoms. The molecule has 1 N–H and O–H groups in total. The van der Waals surface area contributed by atoms with E-state index >= 15 is 0 Å². The summed E-state index contributed by atoms with van der Waals surface area (Å²) >= 11 is 3.40. The predicted octanol–water partition coefficient (Wildman–Crippen LogP) is 2.76. The highest BCUT2D eigenvalue weighted by Crippen LogP contribution is 2.44. The summed E-state index contributed by atoms with van der Waals surface area (Å²) in [5, 5.41) is 9.66. The van der Waals surface area contributed by atoms with Crippen LogP contribution in [0, 0.1) is 5.41 Å². The molecule has 1 aromatic heterocycles. The summed E-state index contributed by atoms with van der Waals surface area (Å²) in [7, 11) is -0.596.